The zero-order valence-corrected chi connectivity index (χ0v) is 11.9. The fourth-order valence-corrected chi connectivity index (χ4v) is 1.88. The summed E-state index contributed by atoms with van der Waals surface area (Å²) in [5, 5.41) is 3.29. The Hall–Kier alpha value is -0.670. The zero-order valence-electron chi connectivity index (χ0n) is 10.3. The molecular formula is C13H18ClNOS. The van der Waals surface area contributed by atoms with Crippen molar-refractivity contribution in [2.24, 2.45) is 5.92 Å². The molecular weight excluding hydrogens is 254 g/mol. The molecule has 1 aromatic carbocycles. The van der Waals surface area contributed by atoms with Crippen LogP contribution in [0.4, 0.5) is 0 Å². The smallest absolute Gasteiger partial charge is 0.233 e. The van der Waals surface area contributed by atoms with Gasteiger partial charge in [-0.05, 0) is 24.5 Å². The average Bonchev–Trinajstić information content (AvgIpc) is 2.28. The van der Waals surface area contributed by atoms with Crippen molar-refractivity contribution in [1.29, 1.82) is 0 Å². The first-order chi connectivity index (χ1) is 7.93. The molecule has 1 amide bonds. The lowest BCUT2D eigenvalue weighted by molar-refractivity contribution is -0.121. The first kappa shape index (κ1) is 14.4. The minimum atomic E-state index is -0.292. The van der Waals surface area contributed by atoms with Gasteiger partial charge in [-0.25, -0.2) is 0 Å². The SMILES string of the molecule is CC(NC(=O)C(S)C(C)C)c1ccccc1Cl. The molecule has 0 aliphatic rings. The van der Waals surface area contributed by atoms with Crippen molar-refractivity contribution in [3.8, 4) is 0 Å². The maximum absolute atomic E-state index is 11.8. The lowest BCUT2D eigenvalue weighted by atomic mass is 10.1. The molecule has 0 aliphatic heterocycles. The number of benzene rings is 1. The zero-order chi connectivity index (χ0) is 13.0. The Morgan fingerprint density at radius 3 is 2.41 bits per heavy atom. The normalized spacial score (nSPS) is 14.5. The molecule has 0 saturated carbocycles. The maximum atomic E-state index is 11.8. The number of halogens is 1. The largest absolute Gasteiger partial charge is 0.349 e. The van der Waals surface area contributed by atoms with Gasteiger partial charge in [0.25, 0.3) is 0 Å². The third-order valence-corrected chi connectivity index (χ3v) is 3.81. The van der Waals surface area contributed by atoms with Crippen LogP contribution in [-0.2, 0) is 4.79 Å². The van der Waals surface area contributed by atoms with Crippen LogP contribution in [0.1, 0.15) is 32.4 Å². The van der Waals surface area contributed by atoms with Crippen molar-refractivity contribution in [2.75, 3.05) is 0 Å². The topological polar surface area (TPSA) is 29.1 Å². The number of amides is 1. The van der Waals surface area contributed by atoms with Crippen molar-refractivity contribution < 1.29 is 4.79 Å². The highest BCUT2D eigenvalue weighted by Gasteiger charge is 2.20. The molecule has 0 fully saturated rings. The number of carbonyl (C=O) groups excluding carboxylic acids is 1. The van der Waals surface area contributed by atoms with Crippen LogP contribution in [0.15, 0.2) is 24.3 Å². The van der Waals surface area contributed by atoms with Gasteiger partial charge in [0.1, 0.15) is 0 Å². The van der Waals surface area contributed by atoms with Gasteiger partial charge in [0, 0.05) is 5.02 Å². The molecule has 1 N–H and O–H groups in total. The molecule has 0 bridgehead atoms. The summed E-state index contributed by atoms with van der Waals surface area (Å²) in [6.07, 6.45) is 0. The standard InChI is InChI=1S/C13H18ClNOS/c1-8(2)12(17)13(16)15-9(3)10-6-4-5-7-11(10)14/h4-9,12,17H,1-3H3,(H,15,16). The van der Waals surface area contributed by atoms with E-state index in [2.05, 4.69) is 17.9 Å². The molecule has 0 aromatic heterocycles. The van der Waals surface area contributed by atoms with Gasteiger partial charge in [0.15, 0.2) is 0 Å². The van der Waals surface area contributed by atoms with E-state index in [1.165, 1.54) is 0 Å². The second-order valence-corrected chi connectivity index (χ2v) is 5.40. The molecule has 4 heteroatoms. The molecule has 2 nitrogen and oxygen atoms in total. The highest BCUT2D eigenvalue weighted by molar-refractivity contribution is 7.81. The highest BCUT2D eigenvalue weighted by atomic mass is 35.5. The molecule has 0 radical (unpaired) electrons. The Balaban J connectivity index is 2.70. The summed E-state index contributed by atoms with van der Waals surface area (Å²) < 4.78 is 0. The Morgan fingerprint density at radius 2 is 1.88 bits per heavy atom. The minimum absolute atomic E-state index is 0.0595. The van der Waals surface area contributed by atoms with Gasteiger partial charge in [-0.2, -0.15) is 12.6 Å². The fraction of sp³-hybridized carbons (Fsp3) is 0.462. The molecule has 2 unspecified atom stereocenters. The van der Waals surface area contributed by atoms with Crippen LogP contribution in [0.3, 0.4) is 0 Å². The van der Waals surface area contributed by atoms with Crippen molar-refractivity contribution in [3.05, 3.63) is 34.9 Å². The number of thiol groups is 1. The van der Waals surface area contributed by atoms with Crippen molar-refractivity contribution in [2.45, 2.75) is 32.1 Å². The first-order valence-corrected chi connectivity index (χ1v) is 6.55. The third kappa shape index (κ3) is 3.93. The summed E-state index contributed by atoms with van der Waals surface area (Å²) >= 11 is 10.4. The molecule has 0 aliphatic carbocycles. The van der Waals surface area contributed by atoms with Gasteiger partial charge in [-0.1, -0.05) is 43.6 Å². The van der Waals surface area contributed by atoms with E-state index in [0.29, 0.717) is 5.02 Å². The Kier molecular flexibility index (Phi) is 5.34. The van der Waals surface area contributed by atoms with Crippen molar-refractivity contribution >= 4 is 30.1 Å². The number of hydrogen-bond donors (Lipinski definition) is 2. The number of carbonyl (C=O) groups is 1. The molecule has 0 saturated heterocycles. The summed E-state index contributed by atoms with van der Waals surface area (Å²) in [6.45, 7) is 5.86. The predicted octanol–water partition coefficient (Wildman–Crippen LogP) is 3.47. The Labute approximate surface area is 113 Å². The van der Waals surface area contributed by atoms with E-state index in [-0.39, 0.29) is 23.1 Å². The van der Waals surface area contributed by atoms with Crippen LogP contribution >= 0.6 is 24.2 Å². The van der Waals surface area contributed by atoms with E-state index in [0.717, 1.165) is 5.56 Å². The summed E-state index contributed by atoms with van der Waals surface area (Å²) in [7, 11) is 0. The van der Waals surface area contributed by atoms with Gasteiger partial charge >= 0.3 is 0 Å². The molecule has 0 heterocycles. The predicted molar refractivity (Wildman–Crippen MR) is 75.6 cm³/mol. The summed E-state index contributed by atoms with van der Waals surface area (Å²) in [5.74, 6) is 0.146. The van der Waals surface area contributed by atoms with E-state index < -0.39 is 0 Å². The van der Waals surface area contributed by atoms with Crippen molar-refractivity contribution in [1.82, 2.24) is 5.32 Å². The van der Waals surface area contributed by atoms with Crippen LogP contribution < -0.4 is 5.32 Å². The number of rotatable bonds is 4. The monoisotopic (exact) mass is 271 g/mol. The van der Waals surface area contributed by atoms with Gasteiger partial charge < -0.3 is 5.32 Å². The second-order valence-electron chi connectivity index (χ2n) is 4.44. The number of hydrogen-bond acceptors (Lipinski definition) is 2. The van der Waals surface area contributed by atoms with E-state index in [1.54, 1.807) is 0 Å². The molecule has 1 rings (SSSR count). The van der Waals surface area contributed by atoms with E-state index >= 15 is 0 Å². The molecule has 2 atom stereocenters. The van der Waals surface area contributed by atoms with Crippen LogP contribution in [0.5, 0.6) is 0 Å². The van der Waals surface area contributed by atoms with Crippen LogP contribution in [0.2, 0.25) is 5.02 Å². The average molecular weight is 272 g/mol. The number of nitrogens with one attached hydrogen (secondary N) is 1. The first-order valence-electron chi connectivity index (χ1n) is 5.66. The van der Waals surface area contributed by atoms with E-state index in [9.17, 15) is 4.79 Å². The molecule has 1 aromatic rings. The lowest BCUT2D eigenvalue weighted by Crippen LogP contribution is -2.36. The van der Waals surface area contributed by atoms with E-state index in [4.69, 9.17) is 11.6 Å². The second kappa shape index (κ2) is 6.31. The Bertz CT molecular complexity index is 395. The molecule has 0 spiro atoms. The maximum Gasteiger partial charge on any atom is 0.233 e. The van der Waals surface area contributed by atoms with Crippen LogP contribution in [-0.4, -0.2) is 11.2 Å². The summed E-state index contributed by atoms with van der Waals surface area (Å²) in [4.78, 5) is 11.8. The fourth-order valence-electron chi connectivity index (χ4n) is 1.51. The Morgan fingerprint density at radius 1 is 1.29 bits per heavy atom. The summed E-state index contributed by atoms with van der Waals surface area (Å²) in [6, 6.07) is 7.40. The lowest BCUT2D eigenvalue weighted by Gasteiger charge is -2.20. The van der Waals surface area contributed by atoms with Gasteiger partial charge in [0.2, 0.25) is 5.91 Å². The third-order valence-electron chi connectivity index (χ3n) is 2.63. The van der Waals surface area contributed by atoms with Crippen LogP contribution in [0, 0.1) is 5.92 Å². The van der Waals surface area contributed by atoms with Gasteiger partial charge in [-0.15, -0.1) is 0 Å². The highest BCUT2D eigenvalue weighted by Crippen LogP contribution is 2.22. The quantitative estimate of drug-likeness (QED) is 0.807. The molecule has 94 valence electrons. The van der Waals surface area contributed by atoms with Gasteiger partial charge in [0.05, 0.1) is 11.3 Å². The van der Waals surface area contributed by atoms with E-state index in [1.807, 2.05) is 45.0 Å². The summed E-state index contributed by atoms with van der Waals surface area (Å²) in [5.41, 5.74) is 0.923. The van der Waals surface area contributed by atoms with Crippen LogP contribution in [0.25, 0.3) is 0 Å². The van der Waals surface area contributed by atoms with Gasteiger partial charge in [-0.3, -0.25) is 4.79 Å². The molecule has 17 heavy (non-hydrogen) atoms. The minimum Gasteiger partial charge on any atom is -0.349 e. The van der Waals surface area contributed by atoms with Crippen molar-refractivity contribution in [3.63, 3.8) is 0 Å².